The fourth-order valence-electron chi connectivity index (χ4n) is 1.20. The molecule has 0 heterocycles. The highest BCUT2D eigenvalue weighted by molar-refractivity contribution is 4.56. The molecule has 0 aliphatic heterocycles. The van der Waals surface area contributed by atoms with Gasteiger partial charge in [0, 0.05) is 19.6 Å². The molecule has 3 nitrogen and oxygen atoms in total. The molecule has 74 valence electrons. The van der Waals surface area contributed by atoms with Crippen molar-refractivity contribution in [3.05, 3.63) is 0 Å². The summed E-state index contributed by atoms with van der Waals surface area (Å²) in [6.45, 7) is 1.98. The molecule has 0 aromatic rings. The van der Waals surface area contributed by atoms with Crippen LogP contribution >= 0.6 is 0 Å². The van der Waals surface area contributed by atoms with Crippen LogP contribution in [0.2, 0.25) is 0 Å². The zero-order chi connectivity index (χ0) is 9.23. The van der Waals surface area contributed by atoms with Crippen LogP contribution in [-0.2, 0) is 4.74 Å². The minimum absolute atomic E-state index is 0.243. The second kappa shape index (κ2) is 8.97. The number of ether oxygens (including phenoxy) is 1. The van der Waals surface area contributed by atoms with Gasteiger partial charge in [0.2, 0.25) is 0 Å². The molecule has 1 atom stereocenters. The van der Waals surface area contributed by atoms with E-state index < -0.39 is 0 Å². The van der Waals surface area contributed by atoms with E-state index >= 15 is 0 Å². The molecular weight excluding hydrogens is 154 g/mol. The highest BCUT2D eigenvalue weighted by Gasteiger charge is 2.05. The van der Waals surface area contributed by atoms with Gasteiger partial charge in [0.1, 0.15) is 0 Å². The van der Waals surface area contributed by atoms with Gasteiger partial charge >= 0.3 is 0 Å². The smallest absolute Gasteiger partial charge is 0.0512 e. The molecule has 3 heteroatoms. The molecule has 0 amide bonds. The Morgan fingerprint density at radius 1 is 1.42 bits per heavy atom. The van der Waals surface area contributed by atoms with E-state index in [0.29, 0.717) is 12.5 Å². The summed E-state index contributed by atoms with van der Waals surface area (Å²) in [6.07, 6.45) is 3.40. The van der Waals surface area contributed by atoms with Crippen molar-refractivity contribution in [2.45, 2.75) is 19.3 Å². The molecule has 0 spiro atoms. The number of hydrogen-bond acceptors (Lipinski definition) is 3. The van der Waals surface area contributed by atoms with E-state index in [4.69, 9.17) is 9.84 Å². The van der Waals surface area contributed by atoms with Gasteiger partial charge in [0.05, 0.1) is 6.61 Å². The molecular formula is C9H21NO2. The van der Waals surface area contributed by atoms with Crippen molar-refractivity contribution in [3.8, 4) is 0 Å². The third kappa shape index (κ3) is 6.58. The Labute approximate surface area is 75.1 Å². The van der Waals surface area contributed by atoms with Gasteiger partial charge in [-0.2, -0.15) is 0 Å². The minimum Gasteiger partial charge on any atom is -0.396 e. The summed E-state index contributed by atoms with van der Waals surface area (Å²) in [7, 11) is 3.63. The van der Waals surface area contributed by atoms with Gasteiger partial charge in [-0.3, -0.25) is 0 Å². The van der Waals surface area contributed by atoms with E-state index in [-0.39, 0.29) is 6.61 Å². The molecule has 0 aromatic heterocycles. The molecule has 0 aliphatic rings. The molecule has 2 N–H and O–H groups in total. The van der Waals surface area contributed by atoms with Crippen LogP contribution in [0, 0.1) is 5.92 Å². The van der Waals surface area contributed by atoms with Gasteiger partial charge in [-0.05, 0) is 26.4 Å². The van der Waals surface area contributed by atoms with E-state index in [1.165, 1.54) is 6.42 Å². The monoisotopic (exact) mass is 175 g/mol. The number of unbranched alkanes of at least 4 members (excludes halogenated alkanes) is 1. The lowest BCUT2D eigenvalue weighted by atomic mass is 10.0. The second-order valence-electron chi connectivity index (χ2n) is 3.10. The fourth-order valence-corrected chi connectivity index (χ4v) is 1.20. The summed E-state index contributed by atoms with van der Waals surface area (Å²) >= 11 is 0. The van der Waals surface area contributed by atoms with E-state index in [1.807, 2.05) is 7.05 Å². The minimum atomic E-state index is 0.243. The van der Waals surface area contributed by atoms with Crippen molar-refractivity contribution >= 4 is 0 Å². The molecule has 1 unspecified atom stereocenters. The zero-order valence-corrected chi connectivity index (χ0v) is 8.18. The Kier molecular flexibility index (Phi) is 8.88. The summed E-state index contributed by atoms with van der Waals surface area (Å²) < 4.78 is 4.98. The second-order valence-corrected chi connectivity index (χ2v) is 3.10. The molecule has 0 bridgehead atoms. The normalized spacial score (nSPS) is 13.2. The fraction of sp³-hybridized carbons (Fsp3) is 1.00. The first kappa shape index (κ1) is 11.9. The van der Waals surface area contributed by atoms with E-state index in [0.717, 1.165) is 19.4 Å². The molecule has 12 heavy (non-hydrogen) atoms. The standard InChI is InChI=1S/C9H21NO2/c1-10-6-4-3-5-9(7-11)8-12-2/h9-11H,3-8H2,1-2H3. The van der Waals surface area contributed by atoms with Crippen molar-refractivity contribution in [1.29, 1.82) is 0 Å². The van der Waals surface area contributed by atoms with Crippen LogP contribution in [-0.4, -0.2) is 39.0 Å². The lowest BCUT2D eigenvalue weighted by molar-refractivity contribution is 0.104. The average Bonchev–Trinajstić information content (AvgIpc) is 2.10. The van der Waals surface area contributed by atoms with Crippen LogP contribution in [0.5, 0.6) is 0 Å². The number of aliphatic hydroxyl groups excluding tert-OH is 1. The van der Waals surface area contributed by atoms with Crippen molar-refractivity contribution in [3.63, 3.8) is 0 Å². The summed E-state index contributed by atoms with van der Waals surface area (Å²) in [4.78, 5) is 0. The Hall–Kier alpha value is -0.120. The van der Waals surface area contributed by atoms with Crippen molar-refractivity contribution in [2.75, 3.05) is 33.9 Å². The van der Waals surface area contributed by atoms with Gasteiger partial charge in [0.15, 0.2) is 0 Å². The number of aliphatic hydroxyl groups is 1. The van der Waals surface area contributed by atoms with Crippen molar-refractivity contribution < 1.29 is 9.84 Å². The third-order valence-electron chi connectivity index (χ3n) is 1.95. The maximum absolute atomic E-state index is 8.92. The predicted octanol–water partition coefficient (Wildman–Crippen LogP) is 0.631. The van der Waals surface area contributed by atoms with E-state index in [9.17, 15) is 0 Å². The molecule has 0 saturated heterocycles. The summed E-state index contributed by atoms with van der Waals surface area (Å²) in [6, 6.07) is 0. The SMILES string of the molecule is CNCCCCC(CO)COC. The topological polar surface area (TPSA) is 41.5 Å². The van der Waals surface area contributed by atoms with Gasteiger partial charge in [0.25, 0.3) is 0 Å². The first-order valence-electron chi connectivity index (χ1n) is 4.59. The first-order chi connectivity index (χ1) is 5.85. The molecule has 0 aromatic carbocycles. The zero-order valence-electron chi connectivity index (χ0n) is 8.18. The maximum Gasteiger partial charge on any atom is 0.0512 e. The van der Waals surface area contributed by atoms with E-state index in [1.54, 1.807) is 7.11 Å². The van der Waals surface area contributed by atoms with Crippen LogP contribution in [0.15, 0.2) is 0 Å². The van der Waals surface area contributed by atoms with Gasteiger partial charge in [-0.25, -0.2) is 0 Å². The molecule has 0 radical (unpaired) electrons. The quantitative estimate of drug-likeness (QED) is 0.532. The number of hydrogen-bond donors (Lipinski definition) is 2. The summed E-state index contributed by atoms with van der Waals surface area (Å²) in [5.74, 6) is 0.326. The Morgan fingerprint density at radius 3 is 2.67 bits per heavy atom. The first-order valence-corrected chi connectivity index (χ1v) is 4.59. The molecule has 0 rings (SSSR count). The lowest BCUT2D eigenvalue weighted by Gasteiger charge is -2.11. The Balaban J connectivity index is 3.19. The highest BCUT2D eigenvalue weighted by Crippen LogP contribution is 2.07. The third-order valence-corrected chi connectivity index (χ3v) is 1.95. The number of rotatable bonds is 8. The van der Waals surface area contributed by atoms with Crippen LogP contribution in [0.1, 0.15) is 19.3 Å². The van der Waals surface area contributed by atoms with Gasteiger partial charge in [-0.15, -0.1) is 0 Å². The highest BCUT2D eigenvalue weighted by atomic mass is 16.5. The van der Waals surface area contributed by atoms with Gasteiger partial charge in [-0.1, -0.05) is 6.42 Å². The maximum atomic E-state index is 8.92. The largest absolute Gasteiger partial charge is 0.396 e. The Morgan fingerprint density at radius 2 is 2.17 bits per heavy atom. The van der Waals surface area contributed by atoms with Crippen LogP contribution in [0.3, 0.4) is 0 Å². The van der Waals surface area contributed by atoms with E-state index in [2.05, 4.69) is 5.32 Å². The molecule has 0 fully saturated rings. The average molecular weight is 175 g/mol. The van der Waals surface area contributed by atoms with Gasteiger partial charge < -0.3 is 15.2 Å². The molecule has 0 aliphatic carbocycles. The van der Waals surface area contributed by atoms with Crippen molar-refractivity contribution in [2.24, 2.45) is 5.92 Å². The summed E-state index contributed by atoms with van der Waals surface area (Å²) in [5, 5.41) is 12.0. The number of methoxy groups -OCH3 is 1. The summed E-state index contributed by atoms with van der Waals surface area (Å²) in [5.41, 5.74) is 0. The van der Waals surface area contributed by atoms with Crippen LogP contribution < -0.4 is 5.32 Å². The molecule has 0 saturated carbocycles. The van der Waals surface area contributed by atoms with Crippen molar-refractivity contribution in [1.82, 2.24) is 5.32 Å². The Bertz CT molecular complexity index is 88.6. The van der Waals surface area contributed by atoms with Crippen LogP contribution in [0.25, 0.3) is 0 Å². The van der Waals surface area contributed by atoms with Crippen LogP contribution in [0.4, 0.5) is 0 Å². The lowest BCUT2D eigenvalue weighted by Crippen LogP contribution is -2.14. The number of nitrogens with one attached hydrogen (secondary N) is 1. The predicted molar refractivity (Wildman–Crippen MR) is 50.2 cm³/mol.